The van der Waals surface area contributed by atoms with Gasteiger partial charge in [0.05, 0.1) is 12.8 Å². The summed E-state index contributed by atoms with van der Waals surface area (Å²) in [5, 5.41) is 0. The number of amides is 1. The van der Waals surface area contributed by atoms with Gasteiger partial charge in [-0.3, -0.25) is 9.69 Å². The van der Waals surface area contributed by atoms with E-state index in [1.165, 1.54) is 7.11 Å². The second kappa shape index (κ2) is 3.76. The van der Waals surface area contributed by atoms with Crippen LogP contribution in [0, 0.1) is 0 Å². The fourth-order valence-electron chi connectivity index (χ4n) is 1.64. The Morgan fingerprint density at radius 1 is 1.53 bits per heavy atom. The Morgan fingerprint density at radius 2 is 2.33 bits per heavy atom. The van der Waals surface area contributed by atoms with E-state index in [9.17, 15) is 4.79 Å². The van der Waals surface area contributed by atoms with Gasteiger partial charge in [-0.05, 0) is 12.5 Å². The molecule has 0 spiro atoms. The van der Waals surface area contributed by atoms with Gasteiger partial charge in [-0.1, -0.05) is 0 Å². The number of aromatic nitrogens is 1. The molecule has 0 aromatic carbocycles. The van der Waals surface area contributed by atoms with Crippen molar-refractivity contribution in [3.8, 4) is 5.88 Å². The lowest BCUT2D eigenvalue weighted by Crippen LogP contribution is -2.25. The van der Waals surface area contributed by atoms with E-state index in [2.05, 4.69) is 4.98 Å². The maximum Gasteiger partial charge on any atom is 0.228 e. The molecule has 2 heterocycles. The smallest absolute Gasteiger partial charge is 0.228 e. The topological polar surface area (TPSA) is 68.5 Å². The van der Waals surface area contributed by atoms with Crippen molar-refractivity contribution >= 4 is 17.4 Å². The van der Waals surface area contributed by atoms with E-state index in [-0.39, 0.29) is 5.91 Å². The van der Waals surface area contributed by atoms with E-state index in [1.54, 1.807) is 17.0 Å². The average Bonchev–Trinajstić information content (AvgIpc) is 2.65. The molecule has 1 aromatic rings. The number of methoxy groups -OCH3 is 1. The van der Waals surface area contributed by atoms with Crippen LogP contribution in [-0.2, 0) is 4.79 Å². The number of nitrogens with two attached hydrogens (primary N) is 1. The van der Waals surface area contributed by atoms with E-state index in [1.807, 2.05) is 0 Å². The molecular weight excluding hydrogens is 194 g/mol. The predicted octanol–water partition coefficient (Wildman–Crippen LogP) is 0.799. The van der Waals surface area contributed by atoms with Gasteiger partial charge in [0.1, 0.15) is 0 Å². The van der Waals surface area contributed by atoms with Crippen molar-refractivity contribution in [1.29, 1.82) is 0 Å². The Morgan fingerprint density at radius 3 is 2.93 bits per heavy atom. The molecule has 0 bridgehead atoms. The molecule has 1 amide bonds. The van der Waals surface area contributed by atoms with Crippen LogP contribution in [0.4, 0.5) is 11.5 Å². The second-order valence-corrected chi connectivity index (χ2v) is 3.42. The van der Waals surface area contributed by atoms with Crippen molar-refractivity contribution in [3.05, 3.63) is 12.1 Å². The molecule has 5 nitrogen and oxygen atoms in total. The van der Waals surface area contributed by atoms with Gasteiger partial charge in [0.25, 0.3) is 0 Å². The number of nitrogens with zero attached hydrogens (tertiary/aromatic N) is 2. The molecule has 0 radical (unpaired) electrons. The largest absolute Gasteiger partial charge is 0.481 e. The Labute approximate surface area is 87.8 Å². The Kier molecular flexibility index (Phi) is 2.45. The zero-order chi connectivity index (χ0) is 10.8. The van der Waals surface area contributed by atoms with Crippen molar-refractivity contribution in [1.82, 2.24) is 4.98 Å². The molecule has 2 rings (SSSR count). The lowest BCUT2D eigenvalue weighted by molar-refractivity contribution is -0.117. The van der Waals surface area contributed by atoms with Crippen molar-refractivity contribution < 1.29 is 9.53 Å². The summed E-state index contributed by atoms with van der Waals surface area (Å²) in [7, 11) is 1.54. The predicted molar refractivity (Wildman–Crippen MR) is 56.8 cm³/mol. The van der Waals surface area contributed by atoms with Crippen molar-refractivity contribution in [2.75, 3.05) is 24.3 Å². The summed E-state index contributed by atoms with van der Waals surface area (Å²) in [5.74, 6) is 1.05. The zero-order valence-electron chi connectivity index (χ0n) is 8.56. The van der Waals surface area contributed by atoms with E-state index >= 15 is 0 Å². The van der Waals surface area contributed by atoms with Crippen LogP contribution in [0.15, 0.2) is 12.1 Å². The maximum absolute atomic E-state index is 11.5. The Balaban J connectivity index is 2.37. The SMILES string of the molecule is COc1ccc(N)c(N2CCCC2=O)n1. The molecule has 0 aliphatic carbocycles. The average molecular weight is 207 g/mol. The van der Waals surface area contributed by atoms with Gasteiger partial charge >= 0.3 is 0 Å². The first-order chi connectivity index (χ1) is 7.22. The van der Waals surface area contributed by atoms with E-state index in [0.717, 1.165) is 6.42 Å². The van der Waals surface area contributed by atoms with Crippen LogP contribution in [0.1, 0.15) is 12.8 Å². The first-order valence-electron chi connectivity index (χ1n) is 4.83. The zero-order valence-corrected chi connectivity index (χ0v) is 8.56. The van der Waals surface area contributed by atoms with Gasteiger partial charge in [-0.2, -0.15) is 4.98 Å². The van der Waals surface area contributed by atoms with Gasteiger partial charge in [0.15, 0.2) is 5.82 Å². The van der Waals surface area contributed by atoms with Gasteiger partial charge in [-0.25, -0.2) is 0 Å². The summed E-state index contributed by atoms with van der Waals surface area (Å²) in [6.45, 7) is 0.684. The number of nitrogen functional groups attached to an aromatic ring is 1. The fraction of sp³-hybridized carbons (Fsp3) is 0.400. The van der Waals surface area contributed by atoms with Crippen LogP contribution in [0.5, 0.6) is 5.88 Å². The van der Waals surface area contributed by atoms with Crippen LogP contribution in [0.2, 0.25) is 0 Å². The molecule has 1 aliphatic heterocycles. The summed E-state index contributed by atoms with van der Waals surface area (Å²) in [6.07, 6.45) is 1.43. The highest BCUT2D eigenvalue weighted by atomic mass is 16.5. The van der Waals surface area contributed by atoms with Crippen LogP contribution >= 0.6 is 0 Å². The lowest BCUT2D eigenvalue weighted by Gasteiger charge is -2.16. The minimum absolute atomic E-state index is 0.0717. The highest BCUT2D eigenvalue weighted by Gasteiger charge is 2.24. The third-order valence-corrected chi connectivity index (χ3v) is 2.42. The number of hydrogen-bond acceptors (Lipinski definition) is 4. The molecule has 1 saturated heterocycles. The number of rotatable bonds is 2. The molecule has 0 saturated carbocycles. The molecule has 2 N–H and O–H groups in total. The Hall–Kier alpha value is -1.78. The molecule has 0 atom stereocenters. The van der Waals surface area contributed by atoms with E-state index in [4.69, 9.17) is 10.5 Å². The van der Waals surface area contributed by atoms with Crippen molar-refractivity contribution in [2.24, 2.45) is 0 Å². The number of pyridine rings is 1. The highest BCUT2D eigenvalue weighted by Crippen LogP contribution is 2.27. The standard InChI is InChI=1S/C10H13N3O2/c1-15-8-5-4-7(11)10(12-8)13-6-2-3-9(13)14/h4-5H,2-3,6,11H2,1H3. The van der Waals surface area contributed by atoms with Crippen LogP contribution in [0.25, 0.3) is 0 Å². The summed E-state index contributed by atoms with van der Waals surface area (Å²) in [5.41, 5.74) is 6.28. The van der Waals surface area contributed by atoms with Crippen LogP contribution < -0.4 is 15.4 Å². The van der Waals surface area contributed by atoms with Gasteiger partial charge < -0.3 is 10.5 Å². The number of carbonyl (C=O) groups excluding carboxylic acids is 1. The fourth-order valence-corrected chi connectivity index (χ4v) is 1.64. The lowest BCUT2D eigenvalue weighted by atomic mass is 10.3. The summed E-state index contributed by atoms with van der Waals surface area (Å²) in [4.78, 5) is 17.3. The van der Waals surface area contributed by atoms with Gasteiger partial charge in [0.2, 0.25) is 11.8 Å². The number of ether oxygens (including phenoxy) is 1. The van der Waals surface area contributed by atoms with Crippen LogP contribution in [0.3, 0.4) is 0 Å². The third-order valence-electron chi connectivity index (χ3n) is 2.42. The first kappa shape index (κ1) is 9.76. The van der Waals surface area contributed by atoms with Gasteiger partial charge in [0, 0.05) is 19.0 Å². The van der Waals surface area contributed by atoms with E-state index in [0.29, 0.717) is 30.4 Å². The molecule has 80 valence electrons. The molecule has 0 unspecified atom stereocenters. The minimum Gasteiger partial charge on any atom is -0.481 e. The summed E-state index contributed by atoms with van der Waals surface area (Å²) in [6, 6.07) is 3.38. The van der Waals surface area contributed by atoms with Crippen LogP contribution in [-0.4, -0.2) is 24.5 Å². The molecule has 1 fully saturated rings. The third kappa shape index (κ3) is 1.72. The monoisotopic (exact) mass is 207 g/mol. The molecular formula is C10H13N3O2. The summed E-state index contributed by atoms with van der Waals surface area (Å²) >= 11 is 0. The van der Waals surface area contributed by atoms with Gasteiger partial charge in [-0.15, -0.1) is 0 Å². The second-order valence-electron chi connectivity index (χ2n) is 3.42. The highest BCUT2D eigenvalue weighted by molar-refractivity contribution is 5.96. The summed E-state index contributed by atoms with van der Waals surface area (Å²) < 4.78 is 5.00. The van der Waals surface area contributed by atoms with Crippen molar-refractivity contribution in [3.63, 3.8) is 0 Å². The number of carbonyl (C=O) groups is 1. The normalized spacial score (nSPS) is 15.8. The van der Waals surface area contributed by atoms with Crippen molar-refractivity contribution in [2.45, 2.75) is 12.8 Å². The van der Waals surface area contributed by atoms with E-state index < -0.39 is 0 Å². The first-order valence-corrected chi connectivity index (χ1v) is 4.83. The minimum atomic E-state index is 0.0717. The number of hydrogen-bond donors (Lipinski definition) is 1. The molecule has 1 aromatic heterocycles. The molecule has 5 heteroatoms. The molecule has 1 aliphatic rings. The quantitative estimate of drug-likeness (QED) is 0.778. The Bertz CT molecular complexity index is 392. The maximum atomic E-state index is 11.5. The molecule has 15 heavy (non-hydrogen) atoms. The number of anilines is 2.